The Hall–Kier alpha value is -0.180. The van der Waals surface area contributed by atoms with Crippen LogP contribution in [0.1, 0.15) is 53.9 Å². The lowest BCUT2D eigenvalue weighted by Gasteiger charge is -2.28. The minimum absolute atomic E-state index is 0.221. The van der Waals surface area contributed by atoms with Crippen molar-refractivity contribution >= 4 is 16.9 Å². The summed E-state index contributed by atoms with van der Waals surface area (Å²) in [6.07, 6.45) is 3.52. The van der Waals surface area contributed by atoms with Crippen LogP contribution in [-0.2, 0) is 0 Å². The Bertz CT molecular complexity index is 244. The number of hydrogen-bond acceptors (Lipinski definition) is 3. The van der Waals surface area contributed by atoms with Gasteiger partial charge in [-0.15, -0.1) is 0 Å². The fraction of sp³-hybridized carbons (Fsp3) is 0.923. The predicted octanol–water partition coefficient (Wildman–Crippen LogP) is 3.67. The molecule has 94 valence electrons. The van der Waals surface area contributed by atoms with Gasteiger partial charge < -0.3 is 5.32 Å². The maximum Gasteiger partial charge on any atom is 0.157 e. The van der Waals surface area contributed by atoms with Crippen molar-refractivity contribution in [2.24, 2.45) is 10.9 Å². The van der Waals surface area contributed by atoms with E-state index in [0.29, 0.717) is 6.04 Å². The summed E-state index contributed by atoms with van der Waals surface area (Å²) < 4.78 is 0. The monoisotopic (exact) mass is 242 g/mol. The van der Waals surface area contributed by atoms with Crippen molar-refractivity contribution in [3.05, 3.63) is 0 Å². The topological polar surface area (TPSA) is 24.4 Å². The van der Waals surface area contributed by atoms with Crippen molar-refractivity contribution in [3.8, 4) is 0 Å². The summed E-state index contributed by atoms with van der Waals surface area (Å²) in [5.74, 6) is 1.90. The van der Waals surface area contributed by atoms with Crippen LogP contribution in [0.15, 0.2) is 4.99 Å². The molecule has 0 aromatic rings. The molecule has 0 spiro atoms. The molecular weight excluding hydrogens is 216 g/mol. The molecule has 2 nitrogen and oxygen atoms in total. The lowest BCUT2D eigenvalue weighted by atomic mass is 9.96. The molecule has 3 heteroatoms. The van der Waals surface area contributed by atoms with E-state index < -0.39 is 0 Å². The highest BCUT2D eigenvalue weighted by atomic mass is 32.2. The number of nitrogens with one attached hydrogen (secondary N) is 1. The van der Waals surface area contributed by atoms with Gasteiger partial charge in [0, 0.05) is 11.3 Å². The van der Waals surface area contributed by atoms with Crippen molar-refractivity contribution in [1.82, 2.24) is 5.32 Å². The smallest absolute Gasteiger partial charge is 0.157 e. The quantitative estimate of drug-likeness (QED) is 0.795. The molecule has 1 aliphatic heterocycles. The number of thioether (sulfide) groups is 1. The maximum absolute atomic E-state index is 4.78. The van der Waals surface area contributed by atoms with Gasteiger partial charge in [0.1, 0.15) is 0 Å². The van der Waals surface area contributed by atoms with Gasteiger partial charge in [0.05, 0.1) is 6.04 Å². The number of aliphatic imine (C=N–C) groups is 1. The van der Waals surface area contributed by atoms with Gasteiger partial charge in [0.15, 0.2) is 5.17 Å². The molecular formula is C13H26N2S. The van der Waals surface area contributed by atoms with Crippen LogP contribution in [-0.4, -0.2) is 22.5 Å². The summed E-state index contributed by atoms with van der Waals surface area (Å²) in [4.78, 5) is 4.78. The van der Waals surface area contributed by atoms with Crippen LogP contribution < -0.4 is 5.32 Å². The van der Waals surface area contributed by atoms with E-state index in [0.717, 1.165) is 29.7 Å². The Kier molecular flexibility index (Phi) is 5.16. The van der Waals surface area contributed by atoms with E-state index in [9.17, 15) is 0 Å². The van der Waals surface area contributed by atoms with Gasteiger partial charge in [0.2, 0.25) is 0 Å². The first-order chi connectivity index (χ1) is 7.49. The Morgan fingerprint density at radius 1 is 1.44 bits per heavy atom. The summed E-state index contributed by atoms with van der Waals surface area (Å²) >= 11 is 1.89. The van der Waals surface area contributed by atoms with Crippen LogP contribution in [0.5, 0.6) is 0 Å². The molecule has 0 fully saturated rings. The van der Waals surface area contributed by atoms with Gasteiger partial charge in [-0.1, -0.05) is 39.5 Å². The summed E-state index contributed by atoms with van der Waals surface area (Å²) in [6, 6.07) is 0.533. The third kappa shape index (κ3) is 4.00. The second-order valence-corrected chi connectivity index (χ2v) is 6.43. The van der Waals surface area contributed by atoms with Crippen molar-refractivity contribution < 1.29 is 0 Å². The summed E-state index contributed by atoms with van der Waals surface area (Å²) in [5, 5.41) is 4.77. The van der Waals surface area contributed by atoms with Gasteiger partial charge in [-0.25, -0.2) is 0 Å². The number of amidine groups is 1. The molecule has 0 aliphatic carbocycles. The fourth-order valence-corrected chi connectivity index (χ4v) is 2.94. The highest BCUT2D eigenvalue weighted by Gasteiger charge is 2.25. The molecule has 0 saturated carbocycles. The van der Waals surface area contributed by atoms with E-state index in [2.05, 4.69) is 39.9 Å². The first-order valence-electron chi connectivity index (χ1n) is 6.48. The van der Waals surface area contributed by atoms with Crippen LogP contribution in [0.2, 0.25) is 0 Å². The van der Waals surface area contributed by atoms with E-state index in [1.54, 1.807) is 0 Å². The largest absolute Gasteiger partial charge is 0.360 e. The molecule has 1 rings (SSSR count). The summed E-state index contributed by atoms with van der Waals surface area (Å²) in [7, 11) is 0. The van der Waals surface area contributed by atoms with Crippen LogP contribution in [0.25, 0.3) is 0 Å². The van der Waals surface area contributed by atoms with E-state index >= 15 is 0 Å². The Morgan fingerprint density at radius 3 is 2.56 bits per heavy atom. The first kappa shape index (κ1) is 13.9. The Labute approximate surface area is 105 Å². The molecule has 0 bridgehead atoms. The average Bonchev–Trinajstić information content (AvgIpc) is 2.64. The number of nitrogens with zero attached hydrogens (tertiary/aromatic N) is 1. The number of rotatable bonds is 5. The molecule has 1 unspecified atom stereocenters. The van der Waals surface area contributed by atoms with E-state index in [1.807, 2.05) is 11.8 Å². The lowest BCUT2D eigenvalue weighted by molar-refractivity contribution is 0.391. The van der Waals surface area contributed by atoms with Crippen molar-refractivity contribution in [3.63, 3.8) is 0 Å². The molecule has 0 amide bonds. The Morgan fingerprint density at radius 2 is 2.06 bits per heavy atom. The maximum atomic E-state index is 4.78. The van der Waals surface area contributed by atoms with E-state index in [4.69, 9.17) is 4.99 Å². The van der Waals surface area contributed by atoms with Crippen LogP contribution in [0.3, 0.4) is 0 Å². The third-order valence-electron chi connectivity index (χ3n) is 3.43. The minimum atomic E-state index is 0.221. The molecule has 0 aromatic carbocycles. The molecule has 1 N–H and O–H groups in total. The van der Waals surface area contributed by atoms with Crippen LogP contribution in [0, 0.1) is 5.92 Å². The summed E-state index contributed by atoms with van der Waals surface area (Å²) in [6.45, 7) is 11.3. The Balaban J connectivity index is 2.50. The molecule has 1 heterocycles. The zero-order valence-corrected chi connectivity index (χ0v) is 12.2. The third-order valence-corrected chi connectivity index (χ3v) is 4.46. The van der Waals surface area contributed by atoms with Crippen molar-refractivity contribution in [2.45, 2.75) is 65.5 Å². The van der Waals surface area contributed by atoms with Gasteiger partial charge >= 0.3 is 0 Å². The van der Waals surface area contributed by atoms with E-state index in [-0.39, 0.29) is 5.54 Å². The predicted molar refractivity (Wildman–Crippen MR) is 75.3 cm³/mol. The fourth-order valence-electron chi connectivity index (χ4n) is 1.83. The van der Waals surface area contributed by atoms with Gasteiger partial charge in [-0.05, 0) is 32.1 Å². The average molecular weight is 242 g/mol. The molecule has 1 atom stereocenters. The highest BCUT2D eigenvalue weighted by Crippen LogP contribution is 2.24. The molecule has 0 radical (unpaired) electrons. The van der Waals surface area contributed by atoms with Gasteiger partial charge in [-0.3, -0.25) is 4.99 Å². The lowest BCUT2D eigenvalue weighted by Crippen LogP contribution is -2.43. The zero-order chi connectivity index (χ0) is 12.2. The molecule has 1 aliphatic rings. The minimum Gasteiger partial charge on any atom is -0.360 e. The summed E-state index contributed by atoms with van der Waals surface area (Å²) in [5.41, 5.74) is 0.221. The van der Waals surface area contributed by atoms with Crippen LogP contribution >= 0.6 is 11.8 Å². The highest BCUT2D eigenvalue weighted by molar-refractivity contribution is 8.14. The SMILES string of the molecule is CCC(C)(CC)NC1=NC(CC(C)C)CS1. The van der Waals surface area contributed by atoms with E-state index in [1.165, 1.54) is 6.42 Å². The second-order valence-electron chi connectivity index (χ2n) is 5.42. The second kappa shape index (κ2) is 5.95. The standard InChI is InChI=1S/C13H26N2S/c1-6-13(5,7-2)15-12-14-11(9-16-12)8-10(3)4/h10-11H,6-9H2,1-5H3,(H,14,15). The zero-order valence-electron chi connectivity index (χ0n) is 11.3. The normalized spacial score (nSPS) is 21.4. The van der Waals surface area contributed by atoms with Gasteiger partial charge in [0.25, 0.3) is 0 Å². The molecule has 16 heavy (non-hydrogen) atoms. The van der Waals surface area contributed by atoms with Crippen molar-refractivity contribution in [2.75, 3.05) is 5.75 Å². The molecule has 0 saturated heterocycles. The van der Waals surface area contributed by atoms with Crippen LogP contribution in [0.4, 0.5) is 0 Å². The number of hydrogen-bond donors (Lipinski definition) is 1. The van der Waals surface area contributed by atoms with Gasteiger partial charge in [-0.2, -0.15) is 0 Å². The van der Waals surface area contributed by atoms with Crippen molar-refractivity contribution in [1.29, 1.82) is 0 Å². The molecule has 0 aromatic heterocycles. The first-order valence-corrected chi connectivity index (χ1v) is 7.46.